The summed E-state index contributed by atoms with van der Waals surface area (Å²) in [6, 6.07) is 7.21. The van der Waals surface area contributed by atoms with Crippen molar-refractivity contribution in [3.63, 3.8) is 0 Å². The highest BCUT2D eigenvalue weighted by molar-refractivity contribution is 5.98. The Kier molecular flexibility index (Phi) is 4.17. The molecule has 0 saturated heterocycles. The third kappa shape index (κ3) is 3.78. The van der Waals surface area contributed by atoms with Crippen molar-refractivity contribution >= 4 is 23.1 Å². The van der Waals surface area contributed by atoms with Crippen LogP contribution < -0.4 is 21.5 Å². The molecule has 0 unspecified atom stereocenters. The number of benzene rings is 1. The fourth-order valence-electron chi connectivity index (χ4n) is 1.62. The average Bonchev–Trinajstić information content (AvgIpc) is 2.42. The van der Waals surface area contributed by atoms with E-state index in [4.69, 9.17) is 11.5 Å². The predicted molar refractivity (Wildman–Crippen MR) is 73.5 cm³/mol. The third-order valence-electron chi connectivity index (χ3n) is 2.55. The zero-order valence-electron chi connectivity index (χ0n) is 10.7. The maximum atomic E-state index is 12.0. The predicted octanol–water partition coefficient (Wildman–Crippen LogP) is 2.11. The number of alkyl halides is 2. The Balaban J connectivity index is 2.14. The number of halogens is 2. The topological polar surface area (TPSA) is 103 Å². The highest BCUT2D eigenvalue weighted by Gasteiger charge is 2.08. The van der Waals surface area contributed by atoms with E-state index in [-0.39, 0.29) is 17.0 Å². The molecule has 5 N–H and O–H groups in total. The van der Waals surface area contributed by atoms with Gasteiger partial charge >= 0.3 is 6.61 Å². The maximum absolute atomic E-state index is 12.0. The quantitative estimate of drug-likeness (QED) is 0.783. The number of rotatable bonds is 5. The van der Waals surface area contributed by atoms with Crippen molar-refractivity contribution < 1.29 is 18.3 Å². The monoisotopic (exact) mass is 294 g/mol. The first-order valence-electron chi connectivity index (χ1n) is 5.83. The number of ether oxygens (including phenoxy) is 1. The van der Waals surface area contributed by atoms with Crippen LogP contribution in [-0.2, 0) is 0 Å². The number of aromatic nitrogens is 1. The highest BCUT2D eigenvalue weighted by atomic mass is 19.3. The molecule has 0 aliphatic heterocycles. The van der Waals surface area contributed by atoms with Crippen molar-refractivity contribution in [1.29, 1.82) is 0 Å². The first-order chi connectivity index (χ1) is 9.95. The van der Waals surface area contributed by atoms with E-state index in [1.54, 1.807) is 0 Å². The van der Waals surface area contributed by atoms with Crippen LogP contribution in [0.15, 0.2) is 36.5 Å². The number of nitrogen functional groups attached to an aromatic ring is 1. The molecule has 1 heterocycles. The summed E-state index contributed by atoms with van der Waals surface area (Å²) in [6.07, 6.45) is 1.30. The number of nitrogens with zero attached hydrogens (tertiary/aromatic N) is 1. The van der Waals surface area contributed by atoms with Crippen LogP contribution in [0.1, 0.15) is 10.4 Å². The van der Waals surface area contributed by atoms with Gasteiger partial charge in [0.2, 0.25) is 0 Å². The molecule has 2 rings (SSSR count). The fourth-order valence-corrected chi connectivity index (χ4v) is 1.62. The second kappa shape index (κ2) is 6.04. The highest BCUT2D eigenvalue weighted by Crippen LogP contribution is 2.22. The summed E-state index contributed by atoms with van der Waals surface area (Å²) in [6.45, 7) is -2.87. The van der Waals surface area contributed by atoms with Gasteiger partial charge in [-0.05, 0) is 30.3 Å². The van der Waals surface area contributed by atoms with Gasteiger partial charge in [-0.15, -0.1) is 0 Å². The van der Waals surface area contributed by atoms with Crippen LogP contribution in [0.3, 0.4) is 0 Å². The second-order valence-electron chi connectivity index (χ2n) is 4.05. The first-order valence-corrected chi connectivity index (χ1v) is 5.83. The number of carbonyl (C=O) groups is 1. The Morgan fingerprint density at radius 3 is 2.52 bits per heavy atom. The molecule has 21 heavy (non-hydrogen) atoms. The smallest absolute Gasteiger partial charge is 0.387 e. The van der Waals surface area contributed by atoms with Gasteiger partial charge in [0, 0.05) is 5.69 Å². The van der Waals surface area contributed by atoms with E-state index < -0.39 is 12.5 Å². The van der Waals surface area contributed by atoms with Gasteiger partial charge in [0.25, 0.3) is 5.91 Å². The molecule has 0 aliphatic carbocycles. The molecule has 0 aliphatic rings. The van der Waals surface area contributed by atoms with E-state index in [0.717, 1.165) is 0 Å². The van der Waals surface area contributed by atoms with Gasteiger partial charge in [0.1, 0.15) is 11.6 Å². The fraction of sp³-hybridized carbons (Fsp3) is 0.0769. The van der Waals surface area contributed by atoms with Crippen molar-refractivity contribution in [1.82, 2.24) is 4.98 Å². The Labute approximate surface area is 118 Å². The van der Waals surface area contributed by atoms with Gasteiger partial charge in [0.15, 0.2) is 0 Å². The summed E-state index contributed by atoms with van der Waals surface area (Å²) in [5.74, 6) is -0.280. The summed E-state index contributed by atoms with van der Waals surface area (Å²) in [5, 5.41) is 2.89. The number of hydrogen-bond acceptors (Lipinski definition) is 5. The lowest BCUT2D eigenvalue weighted by molar-refractivity contribution is -0.0498. The van der Waals surface area contributed by atoms with Crippen molar-refractivity contribution in [3.05, 3.63) is 42.1 Å². The Hall–Kier alpha value is -2.90. The van der Waals surface area contributed by atoms with Crippen LogP contribution in [0.25, 0.3) is 0 Å². The third-order valence-corrected chi connectivity index (χ3v) is 2.55. The number of nitrogens with one attached hydrogen (secondary N) is 1. The normalized spacial score (nSPS) is 10.4. The Bertz CT molecular complexity index is 647. The van der Waals surface area contributed by atoms with Crippen LogP contribution >= 0.6 is 0 Å². The molecule has 0 bridgehead atoms. The molecule has 0 spiro atoms. The molecular weight excluding hydrogens is 282 g/mol. The van der Waals surface area contributed by atoms with E-state index in [9.17, 15) is 13.6 Å². The molecule has 0 fully saturated rings. The lowest BCUT2D eigenvalue weighted by Gasteiger charge is -2.09. The van der Waals surface area contributed by atoms with Gasteiger partial charge < -0.3 is 21.5 Å². The summed E-state index contributed by atoms with van der Waals surface area (Å²) in [5.41, 5.74) is 11.6. The van der Waals surface area contributed by atoms with E-state index in [2.05, 4.69) is 15.0 Å². The number of pyridine rings is 1. The van der Waals surface area contributed by atoms with Crippen LogP contribution in [0, 0.1) is 0 Å². The number of anilines is 3. The number of primary amides is 1. The number of amides is 1. The lowest BCUT2D eigenvalue weighted by Crippen LogP contribution is -2.14. The number of nitrogens with two attached hydrogens (primary N) is 2. The van der Waals surface area contributed by atoms with Gasteiger partial charge in [-0.25, -0.2) is 4.98 Å². The van der Waals surface area contributed by atoms with Gasteiger partial charge in [-0.3, -0.25) is 4.79 Å². The molecular formula is C13H12F2N4O2. The molecule has 0 atom stereocenters. The molecule has 2 aromatic rings. The largest absolute Gasteiger partial charge is 0.435 e. The first kappa shape index (κ1) is 14.5. The zero-order valence-corrected chi connectivity index (χ0v) is 10.7. The van der Waals surface area contributed by atoms with Crippen molar-refractivity contribution in [2.45, 2.75) is 6.61 Å². The maximum Gasteiger partial charge on any atom is 0.387 e. The lowest BCUT2D eigenvalue weighted by atomic mass is 10.2. The summed E-state index contributed by atoms with van der Waals surface area (Å²) in [7, 11) is 0. The minimum absolute atomic E-state index is 0.0404. The van der Waals surface area contributed by atoms with E-state index >= 15 is 0 Å². The standard InChI is InChI=1S/C13H12F2N4O2/c14-13(15)21-8-3-1-7(2-4-8)19-11-5-9(12(17)20)10(16)6-18-11/h1-6,13H,16H2,(H2,17,20)(H,18,19). The minimum Gasteiger partial charge on any atom is -0.435 e. The van der Waals surface area contributed by atoms with Gasteiger partial charge in [-0.1, -0.05) is 0 Å². The zero-order chi connectivity index (χ0) is 15.4. The molecule has 8 heteroatoms. The minimum atomic E-state index is -2.87. The Morgan fingerprint density at radius 1 is 1.29 bits per heavy atom. The number of hydrogen-bond donors (Lipinski definition) is 3. The molecule has 1 amide bonds. The van der Waals surface area contributed by atoms with Crippen molar-refractivity contribution in [2.75, 3.05) is 11.1 Å². The molecule has 6 nitrogen and oxygen atoms in total. The molecule has 1 aromatic carbocycles. The van der Waals surface area contributed by atoms with E-state index in [1.807, 2.05) is 0 Å². The summed E-state index contributed by atoms with van der Waals surface area (Å²) in [4.78, 5) is 15.2. The van der Waals surface area contributed by atoms with E-state index in [1.165, 1.54) is 36.5 Å². The van der Waals surface area contributed by atoms with Crippen LogP contribution in [0.5, 0.6) is 5.75 Å². The summed E-state index contributed by atoms with van der Waals surface area (Å²) >= 11 is 0. The molecule has 0 saturated carbocycles. The van der Waals surface area contributed by atoms with Gasteiger partial charge in [-0.2, -0.15) is 8.78 Å². The summed E-state index contributed by atoms with van der Waals surface area (Å²) < 4.78 is 28.3. The molecule has 110 valence electrons. The van der Waals surface area contributed by atoms with Crippen molar-refractivity contribution in [3.8, 4) is 5.75 Å². The number of carbonyl (C=O) groups excluding carboxylic acids is 1. The van der Waals surface area contributed by atoms with Crippen LogP contribution in [0.2, 0.25) is 0 Å². The molecule has 1 aromatic heterocycles. The SMILES string of the molecule is NC(=O)c1cc(Nc2ccc(OC(F)F)cc2)ncc1N. The second-order valence-corrected chi connectivity index (χ2v) is 4.05. The van der Waals surface area contributed by atoms with Crippen molar-refractivity contribution in [2.24, 2.45) is 5.73 Å². The van der Waals surface area contributed by atoms with Gasteiger partial charge in [0.05, 0.1) is 17.4 Å². The van der Waals surface area contributed by atoms with E-state index in [0.29, 0.717) is 11.5 Å². The Morgan fingerprint density at radius 2 is 1.95 bits per heavy atom. The average molecular weight is 294 g/mol. The van der Waals surface area contributed by atoms with Crippen LogP contribution in [0.4, 0.5) is 26.0 Å². The molecule has 0 radical (unpaired) electrons. The van der Waals surface area contributed by atoms with Crippen LogP contribution in [-0.4, -0.2) is 17.5 Å².